The Hall–Kier alpha value is -6.68. The number of fused-ring (bicyclic) bond motifs is 5. The topological polar surface area (TPSA) is 205 Å². The minimum absolute atomic E-state index is 0.00573. The molecule has 2 heterocycles. The Labute approximate surface area is 409 Å². The standard InChI is InChI=1S/C53H52Br2N6O7/c54-33-12-19-46-43(25-33)44-26-34(55)13-20-47(44)61(46)31-38(62)30-60-37-8-7-9-39(29-37)67-23-6-2-5-21-58-50(63)10-3-1-4-22-59-52(64)32-11-16-40(45(24-32)53(65)66)51-41-17-14-35(56)27-48(41)68-49-28-36(57)15-18-42(49)51/h7-9,11-20,24-29,38,56,60,62H,1-6,10,21-23,30-31,57H2,(H,58,63)(H,59,64)(H,65,66). The van der Waals surface area contributed by atoms with Crippen LogP contribution in [-0.4, -0.2) is 64.9 Å². The highest BCUT2D eigenvalue weighted by atomic mass is 79.9. The number of nitrogen functional groups attached to an aromatic ring is 1. The molecule has 13 nitrogen and oxygen atoms in total. The van der Waals surface area contributed by atoms with Gasteiger partial charge in [0.25, 0.3) is 5.91 Å². The zero-order valence-corrected chi connectivity index (χ0v) is 40.4. The molecule has 68 heavy (non-hydrogen) atoms. The van der Waals surface area contributed by atoms with Crippen LogP contribution in [0.2, 0.25) is 0 Å². The van der Waals surface area contributed by atoms with E-state index >= 15 is 0 Å². The van der Waals surface area contributed by atoms with E-state index in [1.807, 2.05) is 36.4 Å². The van der Waals surface area contributed by atoms with Crippen LogP contribution in [0.3, 0.4) is 0 Å². The molecule has 1 aromatic heterocycles. The van der Waals surface area contributed by atoms with Crippen molar-refractivity contribution in [1.29, 1.82) is 5.41 Å². The van der Waals surface area contributed by atoms with Crippen LogP contribution < -0.4 is 31.8 Å². The minimum Gasteiger partial charge on any atom is -0.494 e. The van der Waals surface area contributed by atoms with Gasteiger partial charge in [0.2, 0.25) is 5.91 Å². The van der Waals surface area contributed by atoms with Gasteiger partial charge in [-0.1, -0.05) is 50.4 Å². The van der Waals surface area contributed by atoms with Gasteiger partial charge < -0.3 is 51.0 Å². The molecule has 0 spiro atoms. The average molecular weight is 1040 g/mol. The van der Waals surface area contributed by atoms with E-state index in [-0.39, 0.29) is 28.3 Å². The van der Waals surface area contributed by atoms with Crippen LogP contribution in [0.1, 0.15) is 65.7 Å². The normalized spacial score (nSPS) is 11.9. The monoisotopic (exact) mass is 1040 g/mol. The molecule has 2 amide bonds. The number of ether oxygens (including phenoxy) is 1. The number of nitrogens with two attached hydrogens (primary N) is 1. The molecule has 0 saturated carbocycles. The lowest BCUT2D eigenvalue weighted by atomic mass is 9.89. The number of benzene rings is 6. The van der Waals surface area contributed by atoms with Crippen molar-refractivity contribution in [2.24, 2.45) is 0 Å². The Morgan fingerprint density at radius 3 is 2.22 bits per heavy atom. The summed E-state index contributed by atoms with van der Waals surface area (Å²) in [5.41, 5.74) is 11.8. The number of unbranched alkanes of at least 4 members (excludes halogenated alkanes) is 4. The van der Waals surface area contributed by atoms with Gasteiger partial charge in [0.15, 0.2) is 0 Å². The lowest BCUT2D eigenvalue weighted by molar-refractivity contribution is -0.121. The molecule has 0 radical (unpaired) electrons. The van der Waals surface area contributed by atoms with E-state index in [0.29, 0.717) is 91.2 Å². The number of hydrogen-bond donors (Lipinski definition) is 7. The Morgan fingerprint density at radius 2 is 1.47 bits per heavy atom. The van der Waals surface area contributed by atoms with Crippen molar-refractivity contribution in [2.45, 2.75) is 57.6 Å². The minimum atomic E-state index is -1.19. The van der Waals surface area contributed by atoms with E-state index in [2.05, 4.69) is 76.6 Å². The molecule has 15 heteroatoms. The molecule has 2 aliphatic rings. The molecule has 1 aliphatic heterocycles. The zero-order chi connectivity index (χ0) is 47.7. The smallest absolute Gasteiger partial charge is 0.336 e. The van der Waals surface area contributed by atoms with E-state index in [0.717, 1.165) is 67.9 Å². The lowest BCUT2D eigenvalue weighted by Gasteiger charge is -2.17. The number of hydrogen-bond acceptors (Lipinski definition) is 9. The summed E-state index contributed by atoms with van der Waals surface area (Å²) >= 11 is 7.19. The maximum absolute atomic E-state index is 13.1. The van der Waals surface area contributed by atoms with Gasteiger partial charge in [-0.15, -0.1) is 0 Å². The zero-order valence-electron chi connectivity index (χ0n) is 37.2. The second-order valence-corrected chi connectivity index (χ2v) is 18.7. The number of halogens is 2. The predicted molar refractivity (Wildman–Crippen MR) is 274 cm³/mol. The summed E-state index contributed by atoms with van der Waals surface area (Å²) in [7, 11) is 0. The lowest BCUT2D eigenvalue weighted by Crippen LogP contribution is -2.25. The Morgan fingerprint density at radius 1 is 0.750 bits per heavy atom. The molecule has 1 unspecified atom stereocenters. The number of carbonyl (C=O) groups excluding carboxylic acids is 2. The summed E-state index contributed by atoms with van der Waals surface area (Å²) in [4.78, 5) is 38.2. The molecule has 1 aliphatic carbocycles. The van der Waals surface area contributed by atoms with Crippen molar-refractivity contribution in [3.8, 4) is 28.2 Å². The first kappa shape index (κ1) is 47.8. The fourth-order valence-electron chi connectivity index (χ4n) is 8.53. The number of aliphatic hydroxyl groups excluding tert-OH is 1. The number of amides is 2. The summed E-state index contributed by atoms with van der Waals surface area (Å²) < 4.78 is 16.2. The van der Waals surface area contributed by atoms with Crippen LogP contribution in [0.15, 0.2) is 129 Å². The molecule has 8 N–H and O–H groups in total. The third-order valence-electron chi connectivity index (χ3n) is 11.9. The van der Waals surface area contributed by atoms with Crippen LogP contribution >= 0.6 is 31.9 Å². The third kappa shape index (κ3) is 11.5. The van der Waals surface area contributed by atoms with Crippen molar-refractivity contribution in [3.05, 3.63) is 141 Å². The van der Waals surface area contributed by atoms with Crippen molar-refractivity contribution >= 4 is 93.8 Å². The number of carbonyl (C=O) groups is 3. The fraction of sp³-hybridized carbons (Fsp3) is 0.245. The Kier molecular flexibility index (Phi) is 15.4. The summed E-state index contributed by atoms with van der Waals surface area (Å²) in [5.74, 6) is -0.421. The van der Waals surface area contributed by atoms with Gasteiger partial charge in [0, 0.05) is 108 Å². The number of aromatic carboxylic acids is 1. The first-order chi connectivity index (χ1) is 32.9. The van der Waals surface area contributed by atoms with Crippen molar-refractivity contribution < 1.29 is 33.8 Å². The van der Waals surface area contributed by atoms with Gasteiger partial charge in [-0.05, 0) is 123 Å². The van der Waals surface area contributed by atoms with E-state index < -0.39 is 12.1 Å². The Balaban J connectivity index is 0.707. The average Bonchev–Trinajstić information content (AvgIpc) is 3.61. The number of carboxylic acids is 1. The highest BCUT2D eigenvalue weighted by Crippen LogP contribution is 2.42. The summed E-state index contributed by atoms with van der Waals surface area (Å²) in [6.07, 6.45) is 4.42. The van der Waals surface area contributed by atoms with Crippen molar-refractivity contribution in [3.63, 3.8) is 0 Å². The Bertz CT molecular complexity index is 3110. The van der Waals surface area contributed by atoms with Crippen molar-refractivity contribution in [2.75, 3.05) is 37.3 Å². The maximum atomic E-state index is 13.1. The molecule has 8 rings (SSSR count). The number of anilines is 2. The van der Waals surface area contributed by atoms with Gasteiger partial charge >= 0.3 is 5.97 Å². The van der Waals surface area contributed by atoms with Crippen LogP contribution in [0.25, 0.3) is 55.2 Å². The van der Waals surface area contributed by atoms with Gasteiger partial charge in [-0.25, -0.2) is 4.79 Å². The van der Waals surface area contributed by atoms with E-state index in [1.165, 1.54) is 6.07 Å². The molecule has 5 aromatic carbocycles. The molecule has 6 aromatic rings. The molecule has 350 valence electrons. The number of aromatic nitrogens is 1. The molecule has 0 bridgehead atoms. The number of rotatable bonds is 21. The number of aliphatic hydroxyl groups is 1. The van der Waals surface area contributed by atoms with E-state index in [4.69, 9.17) is 20.3 Å². The van der Waals surface area contributed by atoms with Gasteiger partial charge in [-0.3, -0.25) is 9.59 Å². The number of nitrogens with zero attached hydrogens (tertiary/aromatic N) is 1. The largest absolute Gasteiger partial charge is 0.494 e. The quantitative estimate of drug-likeness (QED) is 0.0207. The maximum Gasteiger partial charge on any atom is 0.336 e. The molecule has 0 fully saturated rings. The second kappa shape index (κ2) is 22.0. The highest BCUT2D eigenvalue weighted by Gasteiger charge is 2.23. The SMILES string of the molecule is N=c1ccc2c(-c3ccc(C(=O)NCCCCCC(=O)NCCCCCOc4cccc(NCC(O)Cn5c6ccc(Br)cc6c6cc(Br)ccc65)c4)cc3C(=O)O)c3ccc(N)cc3oc-2c1. The van der Waals surface area contributed by atoms with Crippen LogP contribution in [0.4, 0.5) is 11.4 Å². The van der Waals surface area contributed by atoms with Crippen LogP contribution in [0, 0.1) is 5.41 Å². The highest BCUT2D eigenvalue weighted by molar-refractivity contribution is 9.10. The summed E-state index contributed by atoms with van der Waals surface area (Å²) in [6.45, 7) is 2.32. The van der Waals surface area contributed by atoms with Crippen LogP contribution in [0.5, 0.6) is 5.75 Å². The van der Waals surface area contributed by atoms with Gasteiger partial charge in [-0.2, -0.15) is 0 Å². The number of nitrogens with one attached hydrogen (secondary N) is 4. The first-order valence-corrected chi connectivity index (χ1v) is 24.3. The van der Waals surface area contributed by atoms with Gasteiger partial charge in [0.1, 0.15) is 17.1 Å². The van der Waals surface area contributed by atoms with E-state index in [1.54, 1.807) is 48.5 Å². The summed E-state index contributed by atoms with van der Waals surface area (Å²) in [5, 5.41) is 41.8. The fourth-order valence-corrected chi connectivity index (χ4v) is 9.25. The van der Waals surface area contributed by atoms with Crippen LogP contribution in [-0.2, 0) is 11.3 Å². The van der Waals surface area contributed by atoms with Crippen molar-refractivity contribution in [1.82, 2.24) is 15.2 Å². The second-order valence-electron chi connectivity index (χ2n) is 16.8. The molecular weight excluding hydrogens is 992 g/mol. The van der Waals surface area contributed by atoms with E-state index in [9.17, 15) is 24.6 Å². The number of carboxylic acid groups (broad SMARTS) is 1. The molecular formula is C53H52Br2N6O7. The predicted octanol–water partition coefficient (Wildman–Crippen LogP) is 10.7. The third-order valence-corrected chi connectivity index (χ3v) is 12.9. The molecule has 0 saturated heterocycles. The van der Waals surface area contributed by atoms with Gasteiger partial charge in [0.05, 0.1) is 30.2 Å². The summed E-state index contributed by atoms with van der Waals surface area (Å²) in [6, 6.07) is 34.8. The molecule has 1 atom stereocenters. The first-order valence-electron chi connectivity index (χ1n) is 22.7.